The van der Waals surface area contributed by atoms with Crippen LogP contribution in [0.4, 0.5) is 0 Å². The summed E-state index contributed by atoms with van der Waals surface area (Å²) in [7, 11) is 2.05. The largest absolute Gasteiger partial charge is 0.239 e. The van der Waals surface area contributed by atoms with E-state index in [-0.39, 0.29) is 0 Å². The molecule has 0 atom stereocenters. The summed E-state index contributed by atoms with van der Waals surface area (Å²) in [6.07, 6.45) is 0. The van der Waals surface area contributed by atoms with Crippen LogP contribution in [-0.2, 0) is 7.05 Å². The molecule has 0 saturated heterocycles. The van der Waals surface area contributed by atoms with E-state index >= 15 is 0 Å². The standard InChI is InChI=1S/C28H21N2S/c1-18-22-10-5-6-11-23(22)25(28-12-7-13-31-28)17-24(18)27-16-21-14-19-8-3-4-9-20(19)15-26(21)29-30(27)2/h3-17H,1-2H3/q+1. The first-order chi connectivity index (χ1) is 15.2. The summed E-state index contributed by atoms with van der Waals surface area (Å²) in [5, 5.41) is 13.3. The van der Waals surface area contributed by atoms with E-state index < -0.39 is 0 Å². The highest BCUT2D eigenvalue weighted by molar-refractivity contribution is 7.13. The van der Waals surface area contributed by atoms with Gasteiger partial charge in [-0.3, -0.25) is 0 Å². The average molecular weight is 418 g/mol. The maximum absolute atomic E-state index is 4.93. The van der Waals surface area contributed by atoms with Gasteiger partial charge in [-0.2, -0.15) is 0 Å². The maximum Gasteiger partial charge on any atom is 0.239 e. The molecule has 2 heterocycles. The van der Waals surface area contributed by atoms with Crippen molar-refractivity contribution in [3.8, 4) is 21.7 Å². The molecule has 4 aromatic carbocycles. The number of fused-ring (bicyclic) bond motifs is 3. The van der Waals surface area contributed by atoms with E-state index in [2.05, 4.69) is 97.2 Å². The summed E-state index contributed by atoms with van der Waals surface area (Å²) >= 11 is 1.79. The van der Waals surface area contributed by atoms with Gasteiger partial charge in [-0.15, -0.1) is 11.3 Å². The molecule has 0 aliphatic heterocycles. The van der Waals surface area contributed by atoms with E-state index in [0.717, 1.165) is 16.6 Å². The van der Waals surface area contributed by atoms with Gasteiger partial charge in [0.15, 0.2) is 7.05 Å². The van der Waals surface area contributed by atoms with E-state index in [1.807, 2.05) is 11.7 Å². The van der Waals surface area contributed by atoms with Crippen LogP contribution in [0, 0.1) is 6.92 Å². The van der Waals surface area contributed by atoms with Gasteiger partial charge in [0.1, 0.15) is 5.52 Å². The highest BCUT2D eigenvalue weighted by Crippen LogP contribution is 2.38. The summed E-state index contributed by atoms with van der Waals surface area (Å²) in [5.74, 6) is 0. The summed E-state index contributed by atoms with van der Waals surface area (Å²) in [6.45, 7) is 2.22. The normalized spacial score (nSPS) is 11.5. The molecule has 6 rings (SSSR count). The third kappa shape index (κ3) is 2.93. The smallest absolute Gasteiger partial charge is 0.144 e. The first-order valence-electron chi connectivity index (χ1n) is 10.5. The van der Waals surface area contributed by atoms with Crippen molar-refractivity contribution in [3.05, 3.63) is 95.9 Å². The molecule has 3 heteroatoms. The van der Waals surface area contributed by atoms with Gasteiger partial charge in [-0.1, -0.05) is 59.3 Å². The van der Waals surface area contributed by atoms with Crippen molar-refractivity contribution < 1.29 is 4.68 Å². The number of hydrogen-bond acceptors (Lipinski definition) is 2. The Morgan fingerprint density at radius 3 is 2.23 bits per heavy atom. The van der Waals surface area contributed by atoms with Gasteiger partial charge >= 0.3 is 0 Å². The average Bonchev–Trinajstić information content (AvgIpc) is 3.33. The second-order valence-corrected chi connectivity index (χ2v) is 8.98. The third-order valence-corrected chi connectivity index (χ3v) is 7.07. The lowest BCUT2D eigenvalue weighted by atomic mass is 9.92. The monoisotopic (exact) mass is 417 g/mol. The molecule has 0 fully saturated rings. The van der Waals surface area contributed by atoms with E-state index in [0.29, 0.717) is 0 Å². The number of thiophene rings is 1. The number of hydrogen-bond donors (Lipinski definition) is 0. The van der Waals surface area contributed by atoms with Crippen LogP contribution < -0.4 is 4.68 Å². The Morgan fingerprint density at radius 1 is 0.710 bits per heavy atom. The molecule has 31 heavy (non-hydrogen) atoms. The molecule has 0 amide bonds. The number of benzene rings is 4. The van der Waals surface area contributed by atoms with Crippen LogP contribution >= 0.6 is 11.3 Å². The minimum absolute atomic E-state index is 1.02. The topological polar surface area (TPSA) is 16.8 Å². The molecule has 6 aromatic rings. The molecule has 2 nitrogen and oxygen atoms in total. The minimum Gasteiger partial charge on any atom is -0.144 e. The molecule has 0 aliphatic carbocycles. The van der Waals surface area contributed by atoms with Crippen molar-refractivity contribution >= 4 is 43.8 Å². The molecule has 0 radical (unpaired) electrons. The molecule has 0 bridgehead atoms. The van der Waals surface area contributed by atoms with Crippen molar-refractivity contribution in [2.45, 2.75) is 6.92 Å². The first-order valence-corrected chi connectivity index (χ1v) is 11.3. The molecular formula is C28H21N2S+. The van der Waals surface area contributed by atoms with Gasteiger partial charge in [0, 0.05) is 27.0 Å². The van der Waals surface area contributed by atoms with Gasteiger partial charge in [-0.05, 0) is 63.7 Å². The van der Waals surface area contributed by atoms with Gasteiger partial charge < -0.3 is 0 Å². The second-order valence-electron chi connectivity index (χ2n) is 8.03. The summed E-state index contributed by atoms with van der Waals surface area (Å²) in [6, 6.07) is 30.6. The summed E-state index contributed by atoms with van der Waals surface area (Å²) in [5.41, 5.74) is 5.94. The SMILES string of the molecule is Cc1c(-c2cc3cc4ccccc4cc3n[n+]2C)cc(-c2cccs2)c2ccccc12. The second kappa shape index (κ2) is 7.00. The molecule has 0 saturated carbocycles. The van der Waals surface area contributed by atoms with Crippen molar-refractivity contribution in [2.75, 3.05) is 0 Å². The van der Waals surface area contributed by atoms with Gasteiger partial charge in [0.05, 0.1) is 5.56 Å². The number of nitrogens with zero attached hydrogens (tertiary/aromatic N) is 2. The van der Waals surface area contributed by atoms with E-state index in [4.69, 9.17) is 5.10 Å². The molecule has 0 N–H and O–H groups in total. The van der Waals surface area contributed by atoms with Gasteiger partial charge in [0.25, 0.3) is 0 Å². The van der Waals surface area contributed by atoms with Crippen molar-refractivity contribution in [3.63, 3.8) is 0 Å². The van der Waals surface area contributed by atoms with Crippen LogP contribution in [0.3, 0.4) is 0 Å². The Balaban J connectivity index is 1.67. The highest BCUT2D eigenvalue weighted by atomic mass is 32.1. The predicted octanol–water partition coefficient (Wildman–Crippen LogP) is 7.07. The molecule has 2 aromatic heterocycles. The van der Waals surface area contributed by atoms with Crippen LogP contribution in [-0.4, -0.2) is 5.10 Å². The summed E-state index contributed by atoms with van der Waals surface area (Å²) in [4.78, 5) is 1.29. The van der Waals surface area contributed by atoms with Crippen molar-refractivity contribution in [1.82, 2.24) is 5.10 Å². The highest BCUT2D eigenvalue weighted by Gasteiger charge is 2.20. The Kier molecular flexibility index (Phi) is 4.12. The zero-order valence-electron chi connectivity index (χ0n) is 17.5. The van der Waals surface area contributed by atoms with Gasteiger partial charge in [0.2, 0.25) is 5.69 Å². The predicted molar refractivity (Wildman–Crippen MR) is 131 cm³/mol. The van der Waals surface area contributed by atoms with Crippen LogP contribution in [0.25, 0.3) is 54.1 Å². The Labute approximate surface area is 185 Å². The molecule has 0 spiro atoms. The van der Waals surface area contributed by atoms with Crippen LogP contribution in [0.1, 0.15) is 5.56 Å². The zero-order valence-corrected chi connectivity index (χ0v) is 18.3. The fraction of sp³-hybridized carbons (Fsp3) is 0.0714. The Morgan fingerprint density at radius 2 is 1.45 bits per heavy atom. The van der Waals surface area contributed by atoms with E-state index in [1.54, 1.807) is 11.3 Å². The zero-order chi connectivity index (χ0) is 20.9. The van der Waals surface area contributed by atoms with Crippen LogP contribution in [0.5, 0.6) is 0 Å². The Bertz CT molecular complexity index is 1600. The third-order valence-electron chi connectivity index (χ3n) is 6.17. The van der Waals surface area contributed by atoms with Crippen molar-refractivity contribution in [2.24, 2.45) is 7.05 Å². The Hall–Kier alpha value is -3.56. The van der Waals surface area contributed by atoms with Crippen molar-refractivity contribution in [1.29, 1.82) is 0 Å². The number of aromatic nitrogens is 2. The van der Waals surface area contributed by atoms with Crippen LogP contribution in [0.2, 0.25) is 0 Å². The quantitative estimate of drug-likeness (QED) is 0.217. The molecule has 148 valence electrons. The van der Waals surface area contributed by atoms with E-state index in [1.165, 1.54) is 43.1 Å². The fourth-order valence-corrected chi connectivity index (χ4v) is 5.34. The lowest BCUT2D eigenvalue weighted by molar-refractivity contribution is -0.717. The van der Waals surface area contributed by atoms with E-state index in [9.17, 15) is 0 Å². The van der Waals surface area contributed by atoms with Crippen LogP contribution in [0.15, 0.2) is 90.3 Å². The maximum atomic E-state index is 4.93. The molecule has 0 unspecified atom stereocenters. The first kappa shape index (κ1) is 18.2. The number of rotatable bonds is 2. The lowest BCUT2D eigenvalue weighted by Crippen LogP contribution is -2.35. The molecular weight excluding hydrogens is 396 g/mol. The van der Waals surface area contributed by atoms with Gasteiger partial charge in [-0.25, -0.2) is 0 Å². The number of aryl methyl sites for hydroxylation is 2. The minimum atomic E-state index is 1.02. The molecule has 0 aliphatic rings. The lowest BCUT2D eigenvalue weighted by Gasteiger charge is -2.13. The summed E-state index contributed by atoms with van der Waals surface area (Å²) < 4.78 is 2.02. The fourth-order valence-electron chi connectivity index (χ4n) is 4.58.